The summed E-state index contributed by atoms with van der Waals surface area (Å²) in [6.45, 7) is 1.92. The Morgan fingerprint density at radius 1 is 1.31 bits per heavy atom. The molecule has 0 aromatic carbocycles. The number of imide groups is 1. The van der Waals surface area contributed by atoms with Crippen molar-refractivity contribution in [2.75, 3.05) is 26.7 Å². The first-order valence-corrected chi connectivity index (χ1v) is 4.02. The van der Waals surface area contributed by atoms with Gasteiger partial charge in [-0.05, 0) is 6.92 Å². The van der Waals surface area contributed by atoms with Gasteiger partial charge in [0, 0.05) is 7.05 Å². The van der Waals surface area contributed by atoms with Gasteiger partial charge in [-0.2, -0.15) is 0 Å². The van der Waals surface area contributed by atoms with Crippen LogP contribution in [-0.4, -0.2) is 54.1 Å². The van der Waals surface area contributed by atoms with Gasteiger partial charge in [0.15, 0.2) is 0 Å². The largest absolute Gasteiger partial charge is 0.299 e. The number of rotatable bonds is 2. The van der Waals surface area contributed by atoms with Crippen LogP contribution in [0.25, 0.3) is 0 Å². The fourth-order valence-corrected chi connectivity index (χ4v) is 1.22. The molecule has 13 heavy (non-hydrogen) atoms. The van der Waals surface area contributed by atoms with E-state index in [2.05, 4.69) is 0 Å². The molecule has 0 atom stereocenters. The van der Waals surface area contributed by atoms with Crippen molar-refractivity contribution in [1.29, 1.82) is 0 Å². The van der Waals surface area contributed by atoms with E-state index in [1.54, 1.807) is 4.90 Å². The molecule has 1 rings (SSSR count). The number of hydrogen-bond acceptors (Lipinski definition) is 4. The molecular weight excluding hydrogens is 172 g/mol. The SMILES string of the molecule is CC(=O)CN1CC(=O)N(C)C(=O)C1. The van der Waals surface area contributed by atoms with Gasteiger partial charge in [0.2, 0.25) is 11.8 Å². The van der Waals surface area contributed by atoms with Crippen molar-refractivity contribution in [2.24, 2.45) is 0 Å². The Balaban J connectivity index is 2.58. The fourth-order valence-electron chi connectivity index (χ4n) is 1.22. The van der Waals surface area contributed by atoms with Crippen LogP contribution in [-0.2, 0) is 14.4 Å². The summed E-state index contributed by atoms with van der Waals surface area (Å²) in [6.07, 6.45) is 0. The van der Waals surface area contributed by atoms with Crippen molar-refractivity contribution in [3.8, 4) is 0 Å². The zero-order valence-corrected chi connectivity index (χ0v) is 7.74. The van der Waals surface area contributed by atoms with Crippen LogP contribution in [0.4, 0.5) is 0 Å². The van der Waals surface area contributed by atoms with Gasteiger partial charge in [0.1, 0.15) is 5.78 Å². The number of piperazine rings is 1. The quantitative estimate of drug-likeness (QED) is 0.510. The highest BCUT2D eigenvalue weighted by Crippen LogP contribution is 2.01. The number of amides is 2. The number of hydrogen-bond donors (Lipinski definition) is 0. The van der Waals surface area contributed by atoms with Crippen LogP contribution in [0.2, 0.25) is 0 Å². The molecule has 0 bridgehead atoms. The molecule has 0 radical (unpaired) electrons. The predicted octanol–water partition coefficient (Wildman–Crippen LogP) is -1.12. The summed E-state index contributed by atoms with van der Waals surface area (Å²) in [4.78, 5) is 35.7. The monoisotopic (exact) mass is 184 g/mol. The second-order valence-electron chi connectivity index (χ2n) is 3.19. The van der Waals surface area contributed by atoms with E-state index in [1.165, 1.54) is 14.0 Å². The van der Waals surface area contributed by atoms with Crippen molar-refractivity contribution in [3.63, 3.8) is 0 Å². The molecule has 1 aliphatic heterocycles. The maximum Gasteiger partial charge on any atom is 0.243 e. The van der Waals surface area contributed by atoms with Gasteiger partial charge < -0.3 is 0 Å². The maximum atomic E-state index is 11.1. The van der Waals surface area contributed by atoms with Crippen molar-refractivity contribution in [2.45, 2.75) is 6.92 Å². The minimum absolute atomic E-state index is 0.0369. The minimum atomic E-state index is -0.252. The predicted molar refractivity (Wildman–Crippen MR) is 44.9 cm³/mol. The van der Waals surface area contributed by atoms with Crippen molar-refractivity contribution >= 4 is 17.6 Å². The molecule has 0 aromatic heterocycles. The molecule has 0 saturated carbocycles. The van der Waals surface area contributed by atoms with Crippen LogP contribution in [0.5, 0.6) is 0 Å². The molecule has 5 heteroatoms. The Morgan fingerprint density at radius 2 is 1.77 bits per heavy atom. The summed E-state index contributed by atoms with van der Waals surface area (Å²) in [7, 11) is 1.45. The third kappa shape index (κ3) is 2.35. The number of carbonyl (C=O) groups excluding carboxylic acids is 3. The summed E-state index contributed by atoms with van der Waals surface area (Å²) in [5.41, 5.74) is 0. The Morgan fingerprint density at radius 3 is 2.15 bits per heavy atom. The first-order valence-electron chi connectivity index (χ1n) is 4.02. The highest BCUT2D eigenvalue weighted by atomic mass is 16.2. The molecule has 1 aliphatic rings. The number of ketones is 1. The van der Waals surface area contributed by atoms with E-state index in [4.69, 9.17) is 0 Å². The van der Waals surface area contributed by atoms with Crippen molar-refractivity contribution in [1.82, 2.24) is 9.80 Å². The lowest BCUT2D eigenvalue weighted by Gasteiger charge is -2.29. The van der Waals surface area contributed by atoms with E-state index in [-0.39, 0.29) is 37.2 Å². The Hall–Kier alpha value is -1.23. The van der Waals surface area contributed by atoms with Crippen molar-refractivity contribution < 1.29 is 14.4 Å². The molecule has 1 saturated heterocycles. The molecule has 0 aromatic rings. The lowest BCUT2D eigenvalue weighted by atomic mass is 10.3. The summed E-state index contributed by atoms with van der Waals surface area (Å²) in [5, 5.41) is 0. The van der Waals surface area contributed by atoms with Gasteiger partial charge in [0.05, 0.1) is 19.6 Å². The zero-order valence-electron chi connectivity index (χ0n) is 7.74. The summed E-state index contributed by atoms with van der Waals surface area (Å²) < 4.78 is 0. The van der Waals surface area contributed by atoms with Gasteiger partial charge in [-0.15, -0.1) is 0 Å². The first kappa shape index (κ1) is 9.85. The third-order valence-corrected chi connectivity index (χ3v) is 1.91. The molecule has 1 fully saturated rings. The standard InChI is InChI=1S/C8H12N2O3/c1-6(11)3-10-4-7(12)9(2)8(13)5-10/h3-5H2,1-2H3. The first-order chi connectivity index (χ1) is 6.00. The number of likely N-dealkylation sites (N-methyl/N-ethyl adjacent to an activating group) is 1. The average molecular weight is 184 g/mol. The van der Waals surface area contributed by atoms with E-state index >= 15 is 0 Å². The van der Waals surface area contributed by atoms with E-state index in [0.717, 1.165) is 4.90 Å². The number of Topliss-reactive ketones (excluding diaryl/α,β-unsaturated/α-hetero) is 1. The fraction of sp³-hybridized carbons (Fsp3) is 0.625. The van der Waals surface area contributed by atoms with E-state index in [0.29, 0.717) is 0 Å². The topological polar surface area (TPSA) is 57.7 Å². The Bertz CT molecular complexity index is 244. The molecule has 0 spiro atoms. The van der Waals surface area contributed by atoms with Crippen LogP contribution in [0.15, 0.2) is 0 Å². The summed E-state index contributed by atoms with van der Waals surface area (Å²) >= 11 is 0. The van der Waals surface area contributed by atoms with Gasteiger partial charge in [-0.1, -0.05) is 0 Å². The van der Waals surface area contributed by atoms with Gasteiger partial charge >= 0.3 is 0 Å². The highest BCUT2D eigenvalue weighted by molar-refractivity contribution is 5.99. The van der Waals surface area contributed by atoms with Crippen LogP contribution in [0.3, 0.4) is 0 Å². The van der Waals surface area contributed by atoms with Crippen LogP contribution < -0.4 is 0 Å². The number of nitrogens with zero attached hydrogens (tertiary/aromatic N) is 2. The highest BCUT2D eigenvalue weighted by Gasteiger charge is 2.28. The molecule has 0 N–H and O–H groups in total. The lowest BCUT2D eigenvalue weighted by molar-refractivity contribution is -0.149. The molecule has 72 valence electrons. The zero-order chi connectivity index (χ0) is 10.0. The van der Waals surface area contributed by atoms with Gasteiger partial charge in [-0.3, -0.25) is 24.2 Å². The lowest BCUT2D eigenvalue weighted by Crippen LogP contribution is -2.53. The second kappa shape index (κ2) is 3.66. The Kier molecular flexibility index (Phi) is 2.77. The van der Waals surface area contributed by atoms with Gasteiger partial charge in [-0.25, -0.2) is 0 Å². The van der Waals surface area contributed by atoms with Crippen LogP contribution in [0, 0.1) is 0 Å². The molecule has 2 amide bonds. The van der Waals surface area contributed by atoms with Crippen molar-refractivity contribution in [3.05, 3.63) is 0 Å². The van der Waals surface area contributed by atoms with E-state index in [9.17, 15) is 14.4 Å². The maximum absolute atomic E-state index is 11.1. The molecule has 5 nitrogen and oxygen atoms in total. The minimum Gasteiger partial charge on any atom is -0.299 e. The third-order valence-electron chi connectivity index (χ3n) is 1.91. The molecule has 0 unspecified atom stereocenters. The second-order valence-corrected chi connectivity index (χ2v) is 3.19. The summed E-state index contributed by atoms with van der Waals surface area (Å²) in [5.74, 6) is -0.542. The average Bonchev–Trinajstić information content (AvgIpc) is 1.98. The van der Waals surface area contributed by atoms with Crippen LogP contribution >= 0.6 is 0 Å². The smallest absolute Gasteiger partial charge is 0.243 e. The van der Waals surface area contributed by atoms with Gasteiger partial charge in [0.25, 0.3) is 0 Å². The van der Waals surface area contributed by atoms with E-state index < -0.39 is 0 Å². The normalized spacial score (nSPS) is 19.4. The van der Waals surface area contributed by atoms with Crippen LogP contribution in [0.1, 0.15) is 6.92 Å². The molecule has 1 heterocycles. The summed E-state index contributed by atoms with van der Waals surface area (Å²) in [6, 6.07) is 0. The Labute approximate surface area is 76.3 Å². The van der Waals surface area contributed by atoms with E-state index in [1.807, 2.05) is 0 Å². The molecular formula is C8H12N2O3. The molecule has 0 aliphatic carbocycles. The number of carbonyl (C=O) groups is 3.